The summed E-state index contributed by atoms with van der Waals surface area (Å²) >= 11 is 0. The highest BCUT2D eigenvalue weighted by Gasteiger charge is 2.17. The summed E-state index contributed by atoms with van der Waals surface area (Å²) in [5, 5.41) is 20.0. The van der Waals surface area contributed by atoms with E-state index < -0.39 is 5.91 Å². The molecule has 0 aliphatic heterocycles. The molecule has 0 saturated carbocycles. The van der Waals surface area contributed by atoms with Crippen LogP contribution in [0.3, 0.4) is 0 Å². The molecule has 3 aromatic rings. The molecule has 3 rings (SSSR count). The Bertz CT molecular complexity index is 741. The molecule has 0 radical (unpaired) electrons. The third-order valence-electron chi connectivity index (χ3n) is 2.72. The Hall–Kier alpha value is -3.04. The Morgan fingerprint density at radius 3 is 2.75 bits per heavy atom. The van der Waals surface area contributed by atoms with Crippen LogP contribution in [0.4, 0.5) is 5.88 Å². The van der Waals surface area contributed by atoms with Crippen molar-refractivity contribution in [1.29, 1.82) is 0 Å². The first-order valence-electron chi connectivity index (χ1n) is 5.67. The first-order chi connectivity index (χ1) is 9.65. The number of carbonyl (C=O) groups excluding carboxylic acids is 1. The zero-order chi connectivity index (χ0) is 14.1. The van der Waals surface area contributed by atoms with Crippen molar-refractivity contribution < 1.29 is 9.32 Å². The van der Waals surface area contributed by atoms with Crippen LogP contribution >= 0.6 is 0 Å². The van der Waals surface area contributed by atoms with E-state index in [1.807, 2.05) is 0 Å². The molecule has 0 unspecified atom stereocenters. The lowest BCUT2D eigenvalue weighted by atomic mass is 10.3. The Balaban J connectivity index is 1.80. The number of rotatable bonds is 3. The number of aromatic amines is 1. The molecule has 0 bridgehead atoms. The second kappa shape index (κ2) is 4.57. The third-order valence-corrected chi connectivity index (χ3v) is 2.72. The van der Waals surface area contributed by atoms with Gasteiger partial charge in [0, 0.05) is 5.56 Å². The van der Waals surface area contributed by atoms with Gasteiger partial charge in [-0.05, 0) is 13.8 Å². The third kappa shape index (κ3) is 2.02. The molecule has 3 aromatic heterocycles. The number of hydrogen-bond donors (Lipinski definition) is 2. The number of nitrogens with one attached hydrogen (secondary N) is 2. The SMILES string of the molecule is Cc1noc(NC(=O)c2nc(-n3cnnc3)n[nH]2)c1C. The molecule has 1 amide bonds. The van der Waals surface area contributed by atoms with Gasteiger partial charge in [0.2, 0.25) is 11.7 Å². The van der Waals surface area contributed by atoms with Crippen LogP contribution in [0.25, 0.3) is 5.95 Å². The zero-order valence-electron chi connectivity index (χ0n) is 10.7. The predicted octanol–water partition coefficient (Wildman–Crippen LogP) is 0.243. The molecule has 0 aromatic carbocycles. The fraction of sp³-hybridized carbons (Fsp3) is 0.200. The minimum Gasteiger partial charge on any atom is -0.338 e. The Kier molecular flexibility index (Phi) is 2.75. The van der Waals surface area contributed by atoms with Gasteiger partial charge in [-0.1, -0.05) is 5.16 Å². The highest BCUT2D eigenvalue weighted by atomic mass is 16.5. The van der Waals surface area contributed by atoms with Gasteiger partial charge in [-0.15, -0.1) is 15.3 Å². The molecule has 0 atom stereocenters. The second-order valence-electron chi connectivity index (χ2n) is 4.03. The standard InChI is InChI=1S/C10H10N8O2/c1-5-6(2)17-20-9(5)14-8(19)7-13-10(16-15-7)18-3-11-12-4-18/h3-4H,1-2H3,(H,14,19)(H,13,15,16). The van der Waals surface area contributed by atoms with E-state index in [1.54, 1.807) is 13.8 Å². The molecule has 0 spiro atoms. The zero-order valence-corrected chi connectivity index (χ0v) is 10.7. The van der Waals surface area contributed by atoms with Crippen molar-refractivity contribution in [3.05, 3.63) is 29.7 Å². The van der Waals surface area contributed by atoms with Gasteiger partial charge in [0.25, 0.3) is 11.9 Å². The van der Waals surface area contributed by atoms with Crippen LogP contribution in [0.2, 0.25) is 0 Å². The van der Waals surface area contributed by atoms with Crippen LogP contribution in [0.5, 0.6) is 0 Å². The maximum absolute atomic E-state index is 12.0. The fourth-order valence-corrected chi connectivity index (χ4v) is 1.47. The van der Waals surface area contributed by atoms with Crippen molar-refractivity contribution >= 4 is 11.8 Å². The van der Waals surface area contributed by atoms with Crippen LogP contribution < -0.4 is 5.32 Å². The quantitative estimate of drug-likeness (QED) is 0.700. The molecular formula is C10H10N8O2. The smallest absolute Gasteiger partial charge is 0.295 e. The van der Waals surface area contributed by atoms with E-state index in [2.05, 4.69) is 35.9 Å². The van der Waals surface area contributed by atoms with E-state index in [-0.39, 0.29) is 17.7 Å². The highest BCUT2D eigenvalue weighted by molar-refractivity contribution is 6.01. The first kappa shape index (κ1) is 12.0. The van der Waals surface area contributed by atoms with Gasteiger partial charge in [-0.2, -0.15) is 4.98 Å². The van der Waals surface area contributed by atoms with Gasteiger partial charge < -0.3 is 4.52 Å². The molecule has 10 nitrogen and oxygen atoms in total. The second-order valence-corrected chi connectivity index (χ2v) is 4.03. The summed E-state index contributed by atoms with van der Waals surface area (Å²) in [6, 6.07) is 0. The summed E-state index contributed by atoms with van der Waals surface area (Å²) in [6.45, 7) is 3.58. The molecule has 20 heavy (non-hydrogen) atoms. The number of aryl methyl sites for hydroxylation is 1. The van der Waals surface area contributed by atoms with Crippen molar-refractivity contribution in [2.75, 3.05) is 5.32 Å². The van der Waals surface area contributed by atoms with E-state index in [9.17, 15) is 4.79 Å². The number of H-pyrrole nitrogens is 1. The fourth-order valence-electron chi connectivity index (χ4n) is 1.47. The maximum atomic E-state index is 12.0. The number of carbonyl (C=O) groups is 1. The average Bonchev–Trinajstić information content (AvgIpc) is 3.14. The normalized spacial score (nSPS) is 10.7. The van der Waals surface area contributed by atoms with Crippen molar-refractivity contribution in [2.45, 2.75) is 13.8 Å². The van der Waals surface area contributed by atoms with Gasteiger partial charge in [-0.25, -0.2) is 0 Å². The highest BCUT2D eigenvalue weighted by Crippen LogP contribution is 2.17. The monoisotopic (exact) mass is 274 g/mol. The number of aromatic nitrogens is 7. The molecule has 0 fully saturated rings. The Labute approximate surface area is 112 Å². The molecule has 0 aliphatic rings. The van der Waals surface area contributed by atoms with Crippen LogP contribution in [-0.2, 0) is 0 Å². The van der Waals surface area contributed by atoms with E-state index in [4.69, 9.17) is 4.52 Å². The molecular weight excluding hydrogens is 264 g/mol. The first-order valence-corrected chi connectivity index (χ1v) is 5.67. The topological polar surface area (TPSA) is 127 Å². The minimum atomic E-state index is -0.476. The summed E-state index contributed by atoms with van der Waals surface area (Å²) in [7, 11) is 0. The van der Waals surface area contributed by atoms with Crippen molar-refractivity contribution in [1.82, 2.24) is 35.1 Å². The van der Waals surface area contributed by atoms with Gasteiger partial charge in [0.15, 0.2) is 0 Å². The molecule has 2 N–H and O–H groups in total. The Morgan fingerprint density at radius 1 is 1.35 bits per heavy atom. The molecule has 0 aliphatic carbocycles. The number of hydrogen-bond acceptors (Lipinski definition) is 7. The summed E-state index contributed by atoms with van der Waals surface area (Å²) in [5.74, 6) is 0.124. The molecule has 10 heteroatoms. The molecule has 0 saturated heterocycles. The van der Waals surface area contributed by atoms with E-state index in [0.717, 1.165) is 5.56 Å². The number of anilines is 1. The van der Waals surface area contributed by atoms with Crippen molar-refractivity contribution in [3.63, 3.8) is 0 Å². The summed E-state index contributed by atoms with van der Waals surface area (Å²) in [4.78, 5) is 16.0. The molecule has 3 heterocycles. The summed E-state index contributed by atoms with van der Waals surface area (Å²) in [6.07, 6.45) is 2.85. The average molecular weight is 274 g/mol. The van der Waals surface area contributed by atoms with Crippen molar-refractivity contribution in [2.24, 2.45) is 0 Å². The van der Waals surface area contributed by atoms with Crippen LogP contribution in [0.15, 0.2) is 17.2 Å². The lowest BCUT2D eigenvalue weighted by Crippen LogP contribution is -2.14. The van der Waals surface area contributed by atoms with E-state index in [0.29, 0.717) is 5.69 Å². The van der Waals surface area contributed by atoms with Crippen molar-refractivity contribution in [3.8, 4) is 5.95 Å². The Morgan fingerprint density at radius 2 is 2.10 bits per heavy atom. The number of nitrogens with zero attached hydrogens (tertiary/aromatic N) is 6. The van der Waals surface area contributed by atoms with Gasteiger partial charge in [0.05, 0.1) is 5.69 Å². The van der Waals surface area contributed by atoms with Crippen LogP contribution in [0.1, 0.15) is 21.9 Å². The number of amides is 1. The van der Waals surface area contributed by atoms with E-state index >= 15 is 0 Å². The van der Waals surface area contributed by atoms with E-state index in [1.165, 1.54) is 17.2 Å². The lowest BCUT2D eigenvalue weighted by Gasteiger charge is -1.98. The molecule has 102 valence electrons. The van der Waals surface area contributed by atoms with Gasteiger partial charge in [0.1, 0.15) is 12.7 Å². The van der Waals surface area contributed by atoms with Crippen LogP contribution in [-0.4, -0.2) is 41.0 Å². The summed E-state index contributed by atoms with van der Waals surface area (Å²) < 4.78 is 6.47. The largest absolute Gasteiger partial charge is 0.338 e. The van der Waals surface area contributed by atoms with Crippen LogP contribution in [0, 0.1) is 13.8 Å². The lowest BCUT2D eigenvalue weighted by molar-refractivity contribution is 0.101. The summed E-state index contributed by atoms with van der Waals surface area (Å²) in [5.41, 5.74) is 1.47. The maximum Gasteiger partial charge on any atom is 0.295 e. The predicted molar refractivity (Wildman–Crippen MR) is 65.2 cm³/mol. The minimum absolute atomic E-state index is 0.0437. The van der Waals surface area contributed by atoms with Gasteiger partial charge >= 0.3 is 0 Å². The van der Waals surface area contributed by atoms with Gasteiger partial charge in [-0.3, -0.25) is 19.8 Å².